The second kappa shape index (κ2) is 7.41. The molecule has 2 N–H and O–H groups in total. The normalized spacial score (nSPS) is 12.5. The van der Waals surface area contributed by atoms with Crippen molar-refractivity contribution in [1.29, 1.82) is 0 Å². The van der Waals surface area contributed by atoms with E-state index in [-0.39, 0.29) is 12.4 Å². The summed E-state index contributed by atoms with van der Waals surface area (Å²) in [4.78, 5) is 20.9. The maximum absolute atomic E-state index is 13.1. The molecule has 1 aliphatic rings. The fraction of sp³-hybridized carbons (Fsp3) is 0.154. The predicted molar refractivity (Wildman–Crippen MR) is 128 cm³/mol. The van der Waals surface area contributed by atoms with Gasteiger partial charge in [-0.05, 0) is 66.8 Å². The average molecular weight is 438 g/mol. The Balaban J connectivity index is 1.47. The highest BCUT2D eigenvalue weighted by molar-refractivity contribution is 5.86. The largest absolute Gasteiger partial charge is 0.454 e. The molecule has 1 aliphatic heterocycles. The third-order valence-electron chi connectivity index (χ3n) is 5.92. The summed E-state index contributed by atoms with van der Waals surface area (Å²) in [6, 6.07) is 17.8. The zero-order valence-electron chi connectivity index (χ0n) is 18.3. The highest BCUT2D eigenvalue weighted by Gasteiger charge is 2.19. The van der Waals surface area contributed by atoms with Crippen molar-refractivity contribution in [1.82, 2.24) is 14.4 Å². The number of aromatic nitrogens is 3. The molecule has 0 bridgehead atoms. The van der Waals surface area contributed by atoms with E-state index in [0.717, 1.165) is 50.6 Å². The highest BCUT2D eigenvalue weighted by atomic mass is 16.7. The molecule has 0 saturated heterocycles. The fourth-order valence-corrected chi connectivity index (χ4v) is 4.25. The van der Waals surface area contributed by atoms with Crippen LogP contribution in [-0.2, 0) is 6.54 Å². The summed E-state index contributed by atoms with van der Waals surface area (Å²) in [5.74, 6) is 2.26. The van der Waals surface area contributed by atoms with Gasteiger partial charge in [0.25, 0.3) is 5.56 Å². The van der Waals surface area contributed by atoms with Crippen molar-refractivity contribution in [2.45, 2.75) is 20.4 Å². The van der Waals surface area contributed by atoms with Crippen LogP contribution in [0.5, 0.6) is 11.5 Å². The zero-order chi connectivity index (χ0) is 22.5. The van der Waals surface area contributed by atoms with Crippen LogP contribution in [0.25, 0.3) is 27.8 Å². The molecule has 7 nitrogen and oxygen atoms in total. The average Bonchev–Trinajstić information content (AvgIpc) is 3.41. The van der Waals surface area contributed by atoms with Gasteiger partial charge in [-0.3, -0.25) is 9.20 Å². The summed E-state index contributed by atoms with van der Waals surface area (Å²) in [6.07, 6.45) is 2.02. The second-order valence-electron chi connectivity index (χ2n) is 8.39. The molecule has 6 rings (SSSR count). The Kier molecular flexibility index (Phi) is 4.36. The molecule has 3 aromatic heterocycles. The van der Waals surface area contributed by atoms with Gasteiger partial charge in [-0.25, -0.2) is 4.98 Å². The van der Waals surface area contributed by atoms with E-state index in [9.17, 15) is 4.79 Å². The topological polar surface area (TPSA) is 80.7 Å². The summed E-state index contributed by atoms with van der Waals surface area (Å²) in [6.45, 7) is 4.85. The monoisotopic (exact) mass is 438 g/mol. The van der Waals surface area contributed by atoms with E-state index in [1.54, 1.807) is 0 Å². The molecule has 0 radical (unpaired) electrons. The van der Waals surface area contributed by atoms with Crippen LogP contribution in [0, 0.1) is 13.8 Å². The van der Waals surface area contributed by atoms with E-state index in [1.165, 1.54) is 0 Å². The first-order valence-electron chi connectivity index (χ1n) is 10.8. The van der Waals surface area contributed by atoms with Gasteiger partial charge in [0.05, 0.1) is 5.56 Å². The molecule has 0 aliphatic carbocycles. The standard InChI is InChI=1S/C26H22N4O3/c1-15-3-6-20-18(9-15)11-19(26(31)28-20)24-25(30-13-16(2)4-8-23(30)29-24)27-12-17-5-7-21-22(10-17)33-14-32-21/h3-11,13,27H,12,14H2,1-2H3,(H,28,31). The van der Waals surface area contributed by atoms with Crippen molar-refractivity contribution < 1.29 is 9.47 Å². The lowest BCUT2D eigenvalue weighted by Crippen LogP contribution is -2.11. The molecule has 0 amide bonds. The van der Waals surface area contributed by atoms with Gasteiger partial charge in [0, 0.05) is 18.3 Å². The molecular weight excluding hydrogens is 416 g/mol. The summed E-state index contributed by atoms with van der Waals surface area (Å²) in [5, 5.41) is 4.48. The molecule has 164 valence electrons. The summed E-state index contributed by atoms with van der Waals surface area (Å²) >= 11 is 0. The Morgan fingerprint density at radius 2 is 1.85 bits per heavy atom. The van der Waals surface area contributed by atoms with Gasteiger partial charge in [-0.2, -0.15) is 0 Å². The van der Waals surface area contributed by atoms with Crippen molar-refractivity contribution in [2.75, 3.05) is 12.1 Å². The zero-order valence-corrected chi connectivity index (χ0v) is 18.3. The molecule has 0 fully saturated rings. The molecule has 33 heavy (non-hydrogen) atoms. The number of aryl methyl sites for hydroxylation is 2. The molecule has 0 atom stereocenters. The van der Waals surface area contributed by atoms with Crippen LogP contribution >= 0.6 is 0 Å². The van der Waals surface area contributed by atoms with Crippen molar-refractivity contribution in [2.24, 2.45) is 0 Å². The smallest absolute Gasteiger partial charge is 0.258 e. The lowest BCUT2D eigenvalue weighted by Gasteiger charge is -2.10. The van der Waals surface area contributed by atoms with Crippen LogP contribution in [0.15, 0.2) is 65.6 Å². The fourth-order valence-electron chi connectivity index (χ4n) is 4.25. The van der Waals surface area contributed by atoms with E-state index < -0.39 is 0 Å². The van der Waals surface area contributed by atoms with E-state index in [4.69, 9.17) is 14.5 Å². The van der Waals surface area contributed by atoms with Crippen LogP contribution < -0.4 is 20.3 Å². The number of imidazole rings is 1. The first-order valence-corrected chi connectivity index (χ1v) is 10.8. The molecule has 7 heteroatoms. The number of H-pyrrole nitrogens is 1. The van der Waals surface area contributed by atoms with Gasteiger partial charge in [0.15, 0.2) is 11.5 Å². The van der Waals surface area contributed by atoms with Crippen LogP contribution in [0.4, 0.5) is 5.82 Å². The summed E-state index contributed by atoms with van der Waals surface area (Å²) in [7, 11) is 0. The number of fused-ring (bicyclic) bond motifs is 3. The third kappa shape index (κ3) is 3.38. The molecule has 5 aromatic rings. The Hall–Kier alpha value is -4.26. The van der Waals surface area contributed by atoms with Crippen LogP contribution in [0.3, 0.4) is 0 Å². The van der Waals surface area contributed by atoms with Gasteiger partial charge < -0.3 is 19.8 Å². The van der Waals surface area contributed by atoms with E-state index in [1.807, 2.05) is 73.0 Å². The minimum absolute atomic E-state index is 0.169. The van der Waals surface area contributed by atoms with Gasteiger partial charge in [-0.1, -0.05) is 23.8 Å². The third-order valence-corrected chi connectivity index (χ3v) is 5.92. The van der Waals surface area contributed by atoms with Gasteiger partial charge in [0.2, 0.25) is 6.79 Å². The van der Waals surface area contributed by atoms with E-state index in [2.05, 4.69) is 16.4 Å². The first-order chi connectivity index (χ1) is 16.0. The molecule has 0 saturated carbocycles. The Morgan fingerprint density at radius 1 is 1.00 bits per heavy atom. The number of hydrogen-bond donors (Lipinski definition) is 2. The predicted octanol–water partition coefficient (Wildman–Crippen LogP) is 4.80. The van der Waals surface area contributed by atoms with Gasteiger partial charge in [-0.15, -0.1) is 0 Å². The number of benzene rings is 2. The lowest BCUT2D eigenvalue weighted by atomic mass is 10.1. The molecule has 2 aromatic carbocycles. The number of ether oxygens (including phenoxy) is 2. The number of nitrogens with one attached hydrogen (secondary N) is 2. The number of anilines is 1. The minimum Gasteiger partial charge on any atom is -0.454 e. The molecular formula is C26H22N4O3. The number of pyridine rings is 2. The quantitative estimate of drug-likeness (QED) is 0.421. The summed E-state index contributed by atoms with van der Waals surface area (Å²) < 4.78 is 12.9. The SMILES string of the molecule is Cc1ccc2[nH]c(=O)c(-c3nc4ccc(C)cn4c3NCc3ccc4c(c3)OCO4)cc2c1. The number of hydrogen-bond acceptors (Lipinski definition) is 5. The van der Waals surface area contributed by atoms with E-state index >= 15 is 0 Å². The van der Waals surface area contributed by atoms with Gasteiger partial charge in [0.1, 0.15) is 17.2 Å². The molecule has 0 unspecified atom stereocenters. The first kappa shape index (κ1) is 19.4. The number of nitrogens with zero attached hydrogens (tertiary/aromatic N) is 2. The lowest BCUT2D eigenvalue weighted by molar-refractivity contribution is 0.174. The second-order valence-corrected chi connectivity index (χ2v) is 8.39. The van der Waals surface area contributed by atoms with Crippen LogP contribution in [0.1, 0.15) is 16.7 Å². The van der Waals surface area contributed by atoms with Crippen molar-refractivity contribution in [3.8, 4) is 22.8 Å². The van der Waals surface area contributed by atoms with Crippen molar-refractivity contribution in [3.05, 3.63) is 87.8 Å². The maximum atomic E-state index is 13.1. The Morgan fingerprint density at radius 3 is 2.76 bits per heavy atom. The van der Waals surface area contributed by atoms with Crippen molar-refractivity contribution >= 4 is 22.4 Å². The maximum Gasteiger partial charge on any atom is 0.258 e. The number of aromatic amines is 1. The minimum atomic E-state index is -0.169. The van der Waals surface area contributed by atoms with Gasteiger partial charge >= 0.3 is 0 Å². The van der Waals surface area contributed by atoms with Crippen molar-refractivity contribution in [3.63, 3.8) is 0 Å². The Bertz CT molecular complexity index is 1600. The Labute approximate surface area is 189 Å². The summed E-state index contributed by atoms with van der Waals surface area (Å²) in [5.41, 5.74) is 5.83. The van der Waals surface area contributed by atoms with Crippen LogP contribution in [0.2, 0.25) is 0 Å². The number of rotatable bonds is 4. The molecule has 0 spiro atoms. The highest BCUT2D eigenvalue weighted by Crippen LogP contribution is 2.33. The van der Waals surface area contributed by atoms with Crippen LogP contribution in [-0.4, -0.2) is 21.2 Å². The molecule has 4 heterocycles. The van der Waals surface area contributed by atoms with E-state index in [0.29, 0.717) is 17.8 Å².